The molecule has 1 saturated carbocycles. The predicted molar refractivity (Wildman–Crippen MR) is 59.4 cm³/mol. The molecule has 2 rings (SSSR count). The summed E-state index contributed by atoms with van der Waals surface area (Å²) in [7, 11) is 0. The summed E-state index contributed by atoms with van der Waals surface area (Å²) in [5.74, 6) is 1.08. The average molecular weight is 207 g/mol. The third-order valence-electron chi connectivity index (χ3n) is 3.37. The number of nitrogens with zero attached hydrogens (tertiary/aromatic N) is 1. The number of pyridine rings is 1. The van der Waals surface area contributed by atoms with E-state index in [2.05, 4.69) is 18.8 Å². The van der Waals surface area contributed by atoms with E-state index < -0.39 is 0 Å². The van der Waals surface area contributed by atoms with E-state index in [1.54, 1.807) is 6.07 Å². The van der Waals surface area contributed by atoms with Gasteiger partial charge >= 0.3 is 0 Å². The largest absolute Gasteiger partial charge is 0.258 e. The zero-order valence-corrected chi connectivity index (χ0v) is 9.63. The first-order valence-electron chi connectivity index (χ1n) is 5.75. The zero-order valence-electron chi connectivity index (χ0n) is 9.63. The van der Waals surface area contributed by atoms with Crippen LogP contribution in [0.3, 0.4) is 0 Å². The summed E-state index contributed by atoms with van der Waals surface area (Å²) in [6.45, 7) is 6.23. The molecule has 0 bridgehead atoms. The van der Waals surface area contributed by atoms with Gasteiger partial charge in [-0.2, -0.15) is 0 Å². The fourth-order valence-corrected chi connectivity index (χ4v) is 1.75. The summed E-state index contributed by atoms with van der Waals surface area (Å²) < 4.78 is 13.8. The number of halogens is 1. The fourth-order valence-electron chi connectivity index (χ4n) is 1.75. The van der Waals surface area contributed by atoms with Crippen molar-refractivity contribution in [3.8, 4) is 0 Å². The van der Waals surface area contributed by atoms with Gasteiger partial charge in [0.2, 0.25) is 0 Å². The first-order valence-corrected chi connectivity index (χ1v) is 5.75. The summed E-state index contributed by atoms with van der Waals surface area (Å²) in [5, 5.41) is 0. The zero-order chi connectivity index (χ0) is 11.0. The normalized spacial score (nSPS) is 18.2. The van der Waals surface area contributed by atoms with Crippen molar-refractivity contribution in [3.63, 3.8) is 0 Å². The van der Waals surface area contributed by atoms with Gasteiger partial charge in [-0.3, -0.25) is 4.98 Å². The van der Waals surface area contributed by atoms with E-state index in [-0.39, 0.29) is 11.7 Å². The van der Waals surface area contributed by atoms with E-state index in [9.17, 15) is 4.39 Å². The predicted octanol–water partition coefficient (Wildman–Crippen LogP) is 3.86. The first-order chi connectivity index (χ1) is 7.09. The van der Waals surface area contributed by atoms with E-state index in [0.29, 0.717) is 17.5 Å². The minimum atomic E-state index is -0.124. The van der Waals surface area contributed by atoms with E-state index in [0.717, 1.165) is 5.56 Å². The lowest BCUT2D eigenvalue weighted by atomic mass is 9.93. The molecule has 1 aromatic heterocycles. The molecule has 15 heavy (non-hydrogen) atoms. The molecule has 1 aromatic rings. The van der Waals surface area contributed by atoms with Gasteiger partial charge in [0.15, 0.2) is 0 Å². The quantitative estimate of drug-likeness (QED) is 0.733. The van der Waals surface area contributed by atoms with Gasteiger partial charge in [0.05, 0.1) is 5.69 Å². The van der Waals surface area contributed by atoms with Crippen LogP contribution in [0.4, 0.5) is 4.39 Å². The molecule has 1 heterocycles. The maximum Gasteiger partial charge on any atom is 0.145 e. The van der Waals surface area contributed by atoms with Crippen LogP contribution in [0, 0.1) is 11.7 Å². The smallest absolute Gasteiger partial charge is 0.145 e. The molecule has 0 radical (unpaired) electrons. The van der Waals surface area contributed by atoms with Gasteiger partial charge in [0.25, 0.3) is 0 Å². The van der Waals surface area contributed by atoms with Gasteiger partial charge in [0, 0.05) is 12.1 Å². The van der Waals surface area contributed by atoms with Gasteiger partial charge < -0.3 is 0 Å². The van der Waals surface area contributed by atoms with Crippen molar-refractivity contribution < 1.29 is 4.39 Å². The summed E-state index contributed by atoms with van der Waals surface area (Å²) in [6.07, 6.45) is 4.25. The van der Waals surface area contributed by atoms with Crippen molar-refractivity contribution >= 4 is 0 Å². The van der Waals surface area contributed by atoms with Crippen molar-refractivity contribution in [3.05, 3.63) is 29.3 Å². The highest BCUT2D eigenvalue weighted by molar-refractivity contribution is 5.25. The Morgan fingerprint density at radius 1 is 1.33 bits per heavy atom. The molecule has 1 atom stereocenters. The number of aromatic nitrogens is 1. The Bertz CT molecular complexity index is 356. The van der Waals surface area contributed by atoms with Crippen LogP contribution in [0.5, 0.6) is 0 Å². The second-order valence-corrected chi connectivity index (χ2v) is 4.94. The third kappa shape index (κ3) is 2.19. The van der Waals surface area contributed by atoms with Crippen molar-refractivity contribution in [2.75, 3.05) is 0 Å². The molecule has 0 aromatic carbocycles. The van der Waals surface area contributed by atoms with Crippen molar-refractivity contribution in [2.45, 2.75) is 45.4 Å². The average Bonchev–Trinajstić information content (AvgIpc) is 2.99. The SMILES string of the molecule is CC(C)C(C)c1ncc(C2CC2)cc1F. The van der Waals surface area contributed by atoms with Gasteiger partial charge in [-0.1, -0.05) is 20.8 Å². The van der Waals surface area contributed by atoms with E-state index in [4.69, 9.17) is 0 Å². The lowest BCUT2D eigenvalue weighted by Gasteiger charge is -2.15. The summed E-state index contributed by atoms with van der Waals surface area (Å²) in [5.41, 5.74) is 1.70. The van der Waals surface area contributed by atoms with Crippen molar-refractivity contribution in [1.29, 1.82) is 0 Å². The standard InChI is InChI=1S/C13H18FN/c1-8(2)9(3)13-12(14)6-11(7-15-13)10-4-5-10/h6-10H,4-5H2,1-3H3. The summed E-state index contributed by atoms with van der Waals surface area (Å²) >= 11 is 0. The fraction of sp³-hybridized carbons (Fsp3) is 0.615. The molecular weight excluding hydrogens is 189 g/mol. The maximum absolute atomic E-state index is 13.8. The highest BCUT2D eigenvalue weighted by Crippen LogP contribution is 2.40. The molecule has 0 saturated heterocycles. The van der Waals surface area contributed by atoms with Crippen LogP contribution in [-0.4, -0.2) is 4.98 Å². The van der Waals surface area contributed by atoms with Crippen molar-refractivity contribution in [1.82, 2.24) is 4.98 Å². The molecule has 0 aliphatic heterocycles. The van der Waals surface area contributed by atoms with Crippen LogP contribution in [0.2, 0.25) is 0 Å². The highest BCUT2D eigenvalue weighted by atomic mass is 19.1. The molecule has 0 spiro atoms. The van der Waals surface area contributed by atoms with Crippen LogP contribution in [0.1, 0.15) is 56.7 Å². The molecule has 0 amide bonds. The highest BCUT2D eigenvalue weighted by Gasteiger charge is 2.25. The number of rotatable bonds is 3. The number of hydrogen-bond acceptors (Lipinski definition) is 1. The van der Waals surface area contributed by atoms with Gasteiger partial charge in [-0.05, 0) is 36.3 Å². The van der Waals surface area contributed by atoms with Gasteiger partial charge in [-0.25, -0.2) is 4.39 Å². The van der Waals surface area contributed by atoms with Crippen LogP contribution in [0.15, 0.2) is 12.3 Å². The second-order valence-electron chi connectivity index (χ2n) is 4.94. The molecule has 0 N–H and O–H groups in total. The molecule has 1 fully saturated rings. The Balaban J connectivity index is 2.25. The first kappa shape index (κ1) is 10.6. The summed E-state index contributed by atoms with van der Waals surface area (Å²) in [6, 6.07) is 1.68. The third-order valence-corrected chi connectivity index (χ3v) is 3.37. The lowest BCUT2D eigenvalue weighted by molar-refractivity contribution is 0.486. The van der Waals surface area contributed by atoms with E-state index in [1.165, 1.54) is 12.8 Å². The Labute approximate surface area is 90.7 Å². The Morgan fingerprint density at radius 2 is 2.00 bits per heavy atom. The molecule has 1 aliphatic carbocycles. The maximum atomic E-state index is 13.8. The molecule has 82 valence electrons. The second kappa shape index (κ2) is 3.92. The lowest BCUT2D eigenvalue weighted by Crippen LogP contribution is -2.07. The van der Waals surface area contributed by atoms with Crippen LogP contribution in [-0.2, 0) is 0 Å². The van der Waals surface area contributed by atoms with E-state index in [1.807, 2.05) is 13.1 Å². The van der Waals surface area contributed by atoms with Gasteiger partial charge in [-0.15, -0.1) is 0 Å². The topological polar surface area (TPSA) is 12.9 Å². The molecule has 1 aliphatic rings. The monoisotopic (exact) mass is 207 g/mol. The molecule has 1 nitrogen and oxygen atoms in total. The Kier molecular flexibility index (Phi) is 2.76. The Hall–Kier alpha value is -0.920. The minimum Gasteiger partial charge on any atom is -0.258 e. The van der Waals surface area contributed by atoms with Crippen LogP contribution >= 0.6 is 0 Å². The van der Waals surface area contributed by atoms with Crippen molar-refractivity contribution in [2.24, 2.45) is 5.92 Å². The van der Waals surface area contributed by atoms with Crippen LogP contribution < -0.4 is 0 Å². The number of hydrogen-bond donors (Lipinski definition) is 0. The van der Waals surface area contributed by atoms with E-state index >= 15 is 0 Å². The Morgan fingerprint density at radius 3 is 2.47 bits per heavy atom. The summed E-state index contributed by atoms with van der Waals surface area (Å²) in [4.78, 5) is 4.29. The minimum absolute atomic E-state index is 0.124. The van der Waals surface area contributed by atoms with Crippen LogP contribution in [0.25, 0.3) is 0 Å². The molecular formula is C13H18FN. The molecule has 2 heteroatoms. The van der Waals surface area contributed by atoms with Gasteiger partial charge in [0.1, 0.15) is 5.82 Å². The molecule has 1 unspecified atom stereocenters.